The smallest absolute Gasteiger partial charge is 0.335 e. The van der Waals surface area contributed by atoms with Crippen LogP contribution in [0.2, 0.25) is 0 Å². The largest absolute Gasteiger partial charge is 0.479 e. The van der Waals surface area contributed by atoms with Crippen LogP contribution in [0.25, 0.3) is 0 Å². The lowest BCUT2D eigenvalue weighted by atomic mass is 9.95. The lowest BCUT2D eigenvalue weighted by molar-refractivity contribution is -0.397. The Morgan fingerprint density at radius 2 is 0.776 bits per heavy atom. The van der Waals surface area contributed by atoms with Gasteiger partial charge in [-0.2, -0.15) is 0 Å². The number of aliphatic hydroxyl groups is 16. The molecule has 31 heteroatoms. The Bertz CT molecular complexity index is 1630. The SMILES string of the molecule is C[C@@H]1O[C@@H](O[C@@H]2[C@H](O)[C@@H](O)[C@@H](O[C@H]3C(O)O[C@@H](C)[C@H](O[C@@H]4O[C@H](CO)[C@H](O[C@@H]5O[C@H](CO)[C@H](O)[C@H](O)[C@H]5O)[C@H](O)[C@H]4O)[C@H]3O)O[C@@H]2C(=O)O)[C@H](O[C@H]2O[C@H](C(=O)O)[C@H](O)[C@H](O)[C@H]2O)[C@H](O)[C@H]1O. The molecule has 6 fully saturated rings. The summed E-state index contributed by atoms with van der Waals surface area (Å²) in [6.07, 6.45) is -59.6. The minimum absolute atomic E-state index is 0.837. The molecule has 0 aromatic rings. The van der Waals surface area contributed by atoms with Crippen LogP contribution in [0.1, 0.15) is 13.8 Å². The normalized spacial score (nSPS) is 53.2. The predicted molar refractivity (Wildman–Crippen MR) is 197 cm³/mol. The minimum atomic E-state index is -2.38. The molecule has 18 N–H and O–H groups in total. The highest BCUT2D eigenvalue weighted by atomic mass is 16.8. The van der Waals surface area contributed by atoms with Crippen LogP contribution < -0.4 is 0 Å². The van der Waals surface area contributed by atoms with Gasteiger partial charge in [0.1, 0.15) is 122 Å². The number of carbonyl (C=O) groups is 2. The summed E-state index contributed by atoms with van der Waals surface area (Å²) in [6.45, 7) is 0.662. The summed E-state index contributed by atoms with van der Waals surface area (Å²) in [7, 11) is 0. The second-order valence-electron chi connectivity index (χ2n) is 16.8. The molecule has 0 saturated carbocycles. The number of ether oxygens (including phenoxy) is 11. The monoisotopic (exact) mass is 986 g/mol. The molecule has 0 aliphatic carbocycles. The molecule has 30 atom stereocenters. The van der Waals surface area contributed by atoms with Gasteiger partial charge in [-0.05, 0) is 13.8 Å². The highest BCUT2D eigenvalue weighted by Gasteiger charge is 2.58. The number of hydrogen-bond donors (Lipinski definition) is 18. The van der Waals surface area contributed by atoms with E-state index in [-0.39, 0.29) is 0 Å². The van der Waals surface area contributed by atoms with Gasteiger partial charge in [0.2, 0.25) is 0 Å². The van der Waals surface area contributed by atoms with Crippen LogP contribution in [0, 0.1) is 0 Å². The first-order chi connectivity index (χ1) is 31.4. The molecule has 1 unspecified atom stereocenters. The van der Waals surface area contributed by atoms with E-state index in [0.717, 1.165) is 0 Å². The molecule has 31 nitrogen and oxygen atoms in total. The Balaban J connectivity index is 1.14. The topological polar surface area (TPSA) is 500 Å². The molecular weight excluding hydrogens is 928 g/mol. The molecule has 6 aliphatic heterocycles. The van der Waals surface area contributed by atoms with Gasteiger partial charge in [0.15, 0.2) is 49.9 Å². The van der Waals surface area contributed by atoms with Crippen molar-refractivity contribution in [2.45, 2.75) is 198 Å². The van der Waals surface area contributed by atoms with E-state index in [4.69, 9.17) is 52.1 Å². The first-order valence-corrected chi connectivity index (χ1v) is 20.8. The fourth-order valence-electron chi connectivity index (χ4n) is 8.36. The summed E-state index contributed by atoms with van der Waals surface area (Å²) in [5, 5.41) is 189. The van der Waals surface area contributed by atoms with Crippen molar-refractivity contribution in [2.24, 2.45) is 0 Å². The van der Waals surface area contributed by atoms with Crippen LogP contribution in [0.3, 0.4) is 0 Å². The third-order valence-electron chi connectivity index (χ3n) is 12.3. The van der Waals surface area contributed by atoms with Crippen LogP contribution in [0.4, 0.5) is 0 Å². The van der Waals surface area contributed by atoms with Gasteiger partial charge in [0.25, 0.3) is 0 Å². The summed E-state index contributed by atoms with van der Waals surface area (Å²) >= 11 is 0. The van der Waals surface area contributed by atoms with Crippen molar-refractivity contribution in [3.05, 3.63) is 0 Å². The Morgan fingerprint density at radius 1 is 0.358 bits per heavy atom. The van der Waals surface area contributed by atoms with Gasteiger partial charge in [-0.15, -0.1) is 0 Å². The van der Waals surface area contributed by atoms with Crippen molar-refractivity contribution in [3.63, 3.8) is 0 Å². The van der Waals surface area contributed by atoms with Crippen molar-refractivity contribution in [2.75, 3.05) is 13.2 Å². The van der Waals surface area contributed by atoms with E-state index in [1.807, 2.05) is 0 Å². The maximum absolute atomic E-state index is 12.6. The standard InChI is InChI=1S/C36H58O31/c1-5-9(39)13(43)27(66-34-18(48)12(42)14(44)25(64-34)29(52)53)36(58-5)63-24-16(46)20(50)35(67-28(24)30(54)55)65-26-21(51)22(6(2)57-31(26)56)61-33-19(49)15(45)23(8(4-38)60-33)62-32-17(47)11(41)10(40)7(3-37)59-32/h5-28,31-51,56H,3-4H2,1-2H3,(H,52,53)(H,54,55)/t5-,6-,7+,8+,9-,10-,11-,12-,13+,14+,15+,16+,17+,18+,19+,20+,21+,22-,23-,24+,25-,26+,27+,28-,31?,32-,33-,34+,35-,36-/m0/s1. The zero-order chi connectivity index (χ0) is 49.7. The van der Waals surface area contributed by atoms with E-state index >= 15 is 0 Å². The van der Waals surface area contributed by atoms with E-state index < -0.39 is 209 Å². The van der Waals surface area contributed by atoms with Crippen LogP contribution in [-0.4, -0.2) is 301 Å². The molecule has 67 heavy (non-hydrogen) atoms. The van der Waals surface area contributed by atoms with Gasteiger partial charge < -0.3 is 144 Å². The molecular formula is C36H58O31. The molecule has 0 aromatic heterocycles. The van der Waals surface area contributed by atoms with Crippen LogP contribution >= 0.6 is 0 Å². The second kappa shape index (κ2) is 22.1. The number of aliphatic carboxylic acids is 2. The molecule has 6 aliphatic rings. The Kier molecular flexibility index (Phi) is 17.9. The molecule has 6 heterocycles. The molecule has 0 bridgehead atoms. The molecule has 6 rings (SSSR count). The molecule has 0 amide bonds. The van der Waals surface area contributed by atoms with Crippen LogP contribution in [0.5, 0.6) is 0 Å². The second-order valence-corrected chi connectivity index (χ2v) is 16.8. The van der Waals surface area contributed by atoms with E-state index in [2.05, 4.69) is 0 Å². The maximum Gasteiger partial charge on any atom is 0.335 e. The Labute approximate surface area is 376 Å². The van der Waals surface area contributed by atoms with Gasteiger partial charge in [-0.25, -0.2) is 9.59 Å². The Hall–Kier alpha value is -2.14. The number of carboxylic acids is 2. The van der Waals surface area contributed by atoms with Gasteiger partial charge in [0.05, 0.1) is 25.4 Å². The average molecular weight is 987 g/mol. The summed E-state index contributed by atoms with van der Waals surface area (Å²) < 4.78 is 60.3. The summed E-state index contributed by atoms with van der Waals surface area (Å²) in [4.78, 5) is 24.2. The van der Waals surface area contributed by atoms with Crippen LogP contribution in [0.15, 0.2) is 0 Å². The number of aliphatic hydroxyl groups excluding tert-OH is 16. The van der Waals surface area contributed by atoms with Crippen molar-refractivity contribution < 1.29 is 154 Å². The van der Waals surface area contributed by atoms with Crippen molar-refractivity contribution in [3.8, 4) is 0 Å². The zero-order valence-corrected chi connectivity index (χ0v) is 35.1. The lowest BCUT2D eigenvalue weighted by Gasteiger charge is -2.49. The fourth-order valence-corrected chi connectivity index (χ4v) is 8.36. The van der Waals surface area contributed by atoms with E-state index in [1.165, 1.54) is 13.8 Å². The quantitative estimate of drug-likeness (QED) is 0.0768. The first-order valence-electron chi connectivity index (χ1n) is 20.8. The van der Waals surface area contributed by atoms with Gasteiger partial charge in [0, 0.05) is 0 Å². The molecule has 0 spiro atoms. The highest BCUT2D eigenvalue weighted by Crippen LogP contribution is 2.37. The predicted octanol–water partition coefficient (Wildman–Crippen LogP) is -11.9. The van der Waals surface area contributed by atoms with E-state index in [9.17, 15) is 102 Å². The number of carboxylic acid groups (broad SMARTS) is 2. The average Bonchev–Trinajstić information content (AvgIpc) is 3.28. The fraction of sp³-hybridized carbons (Fsp3) is 0.944. The van der Waals surface area contributed by atoms with E-state index in [1.54, 1.807) is 0 Å². The minimum Gasteiger partial charge on any atom is -0.479 e. The summed E-state index contributed by atoms with van der Waals surface area (Å²) in [6, 6.07) is 0. The molecule has 0 aromatic carbocycles. The third-order valence-corrected chi connectivity index (χ3v) is 12.3. The molecule has 388 valence electrons. The van der Waals surface area contributed by atoms with Crippen molar-refractivity contribution in [1.82, 2.24) is 0 Å². The zero-order valence-electron chi connectivity index (χ0n) is 35.1. The van der Waals surface area contributed by atoms with Gasteiger partial charge >= 0.3 is 11.9 Å². The van der Waals surface area contributed by atoms with Crippen LogP contribution in [-0.2, 0) is 61.7 Å². The number of hydrogen-bond acceptors (Lipinski definition) is 29. The van der Waals surface area contributed by atoms with Gasteiger partial charge in [-0.1, -0.05) is 0 Å². The van der Waals surface area contributed by atoms with Gasteiger partial charge in [-0.3, -0.25) is 0 Å². The Morgan fingerprint density at radius 3 is 1.33 bits per heavy atom. The summed E-state index contributed by atoms with van der Waals surface area (Å²) in [5.74, 6) is -3.72. The first kappa shape index (κ1) is 54.2. The molecule has 6 saturated heterocycles. The molecule has 0 radical (unpaired) electrons. The number of rotatable bonds is 14. The third kappa shape index (κ3) is 10.9. The van der Waals surface area contributed by atoms with Crippen molar-refractivity contribution >= 4 is 11.9 Å². The van der Waals surface area contributed by atoms with Crippen molar-refractivity contribution in [1.29, 1.82) is 0 Å². The lowest BCUT2D eigenvalue weighted by Crippen LogP contribution is -2.68. The maximum atomic E-state index is 12.6. The highest BCUT2D eigenvalue weighted by molar-refractivity contribution is 5.74. The van der Waals surface area contributed by atoms with E-state index in [0.29, 0.717) is 0 Å². The summed E-state index contributed by atoms with van der Waals surface area (Å²) in [5.41, 5.74) is 0.